The van der Waals surface area contributed by atoms with E-state index < -0.39 is 0 Å². The number of hydrogen-bond donors (Lipinski definition) is 1. The van der Waals surface area contributed by atoms with Crippen LogP contribution in [-0.4, -0.2) is 51.2 Å². The first-order valence-corrected chi connectivity index (χ1v) is 8.53. The van der Waals surface area contributed by atoms with E-state index in [2.05, 4.69) is 20.3 Å². The molecule has 0 saturated carbocycles. The average Bonchev–Trinajstić information content (AvgIpc) is 2.85. The fourth-order valence-electron chi connectivity index (χ4n) is 3.68. The molecule has 0 aliphatic carbocycles. The Labute approximate surface area is 132 Å². The van der Waals surface area contributed by atoms with Gasteiger partial charge in [-0.25, -0.2) is 9.67 Å². The summed E-state index contributed by atoms with van der Waals surface area (Å²) in [5.41, 5.74) is 0. The maximum atomic E-state index is 12.7. The lowest BCUT2D eigenvalue weighted by Crippen LogP contribution is -2.51. The molecule has 6 nitrogen and oxygen atoms in total. The number of aryl methyl sites for hydroxylation is 2. The molecule has 0 bridgehead atoms. The molecule has 3 rings (SSSR count). The number of carbonyl (C=O) groups is 1. The number of likely N-dealkylation sites (tertiary alicyclic amines) is 1. The predicted molar refractivity (Wildman–Crippen MR) is 84.4 cm³/mol. The summed E-state index contributed by atoms with van der Waals surface area (Å²) in [6, 6.07) is 0.0443. The molecule has 2 atom stereocenters. The number of rotatable bonds is 3. The fourth-order valence-corrected chi connectivity index (χ4v) is 3.68. The van der Waals surface area contributed by atoms with Crippen LogP contribution in [0.4, 0.5) is 0 Å². The van der Waals surface area contributed by atoms with E-state index in [0.29, 0.717) is 11.8 Å². The van der Waals surface area contributed by atoms with Crippen LogP contribution >= 0.6 is 0 Å². The summed E-state index contributed by atoms with van der Waals surface area (Å²) in [4.78, 5) is 19.1. The second-order valence-electron chi connectivity index (χ2n) is 6.68. The molecule has 22 heavy (non-hydrogen) atoms. The fraction of sp³-hybridized carbons (Fsp3) is 0.812. The molecule has 2 fully saturated rings. The predicted octanol–water partition coefficient (Wildman–Crippen LogP) is 1.28. The molecule has 122 valence electrons. The average molecular weight is 305 g/mol. The highest BCUT2D eigenvalue weighted by Gasteiger charge is 2.30. The van der Waals surface area contributed by atoms with Crippen molar-refractivity contribution in [3.05, 3.63) is 11.6 Å². The molecule has 2 saturated heterocycles. The third kappa shape index (κ3) is 3.48. The zero-order valence-electron chi connectivity index (χ0n) is 13.7. The van der Waals surface area contributed by atoms with Crippen molar-refractivity contribution in [1.29, 1.82) is 0 Å². The summed E-state index contributed by atoms with van der Waals surface area (Å²) in [5.74, 6) is 2.58. The third-order valence-electron chi connectivity index (χ3n) is 4.83. The summed E-state index contributed by atoms with van der Waals surface area (Å²) in [6.07, 6.45) is 5.60. The van der Waals surface area contributed by atoms with Gasteiger partial charge < -0.3 is 10.2 Å². The monoisotopic (exact) mass is 305 g/mol. The van der Waals surface area contributed by atoms with E-state index in [9.17, 15) is 4.79 Å². The van der Waals surface area contributed by atoms with Crippen LogP contribution in [0.2, 0.25) is 0 Å². The van der Waals surface area contributed by atoms with Gasteiger partial charge in [0.1, 0.15) is 11.6 Å². The first-order chi connectivity index (χ1) is 10.6. The summed E-state index contributed by atoms with van der Waals surface area (Å²) >= 11 is 0. The second kappa shape index (κ2) is 6.77. The number of nitrogens with zero attached hydrogens (tertiary/aromatic N) is 4. The molecule has 2 aliphatic rings. The van der Waals surface area contributed by atoms with Gasteiger partial charge in [0.05, 0.1) is 6.04 Å². The number of hydrogen-bond acceptors (Lipinski definition) is 4. The molecule has 1 unspecified atom stereocenters. The highest BCUT2D eigenvalue weighted by Crippen LogP contribution is 2.21. The van der Waals surface area contributed by atoms with Crippen LogP contribution in [0.25, 0.3) is 0 Å². The lowest BCUT2D eigenvalue weighted by molar-refractivity contribution is -0.136. The quantitative estimate of drug-likeness (QED) is 0.913. The zero-order valence-corrected chi connectivity index (χ0v) is 13.7. The minimum absolute atomic E-state index is 0.0443. The standard InChI is InChI=1S/C16H27N5O/c1-12-18-13(2)21(19-12)11-14-6-5-9-20(10-14)16(22)15-7-3-4-8-17-15/h14-15,17H,3-11H2,1-2H3/t14?,15-/m1/s1. The maximum Gasteiger partial charge on any atom is 0.239 e. The van der Waals surface area contributed by atoms with Gasteiger partial charge in [0, 0.05) is 19.6 Å². The van der Waals surface area contributed by atoms with Crippen molar-refractivity contribution < 1.29 is 4.79 Å². The topological polar surface area (TPSA) is 63.1 Å². The minimum atomic E-state index is 0.0443. The Morgan fingerprint density at radius 3 is 2.82 bits per heavy atom. The van der Waals surface area contributed by atoms with Crippen molar-refractivity contribution in [1.82, 2.24) is 25.0 Å². The van der Waals surface area contributed by atoms with Gasteiger partial charge in [-0.2, -0.15) is 5.10 Å². The highest BCUT2D eigenvalue weighted by molar-refractivity contribution is 5.82. The van der Waals surface area contributed by atoms with Crippen LogP contribution < -0.4 is 5.32 Å². The second-order valence-corrected chi connectivity index (χ2v) is 6.68. The van der Waals surface area contributed by atoms with Gasteiger partial charge in [-0.1, -0.05) is 6.42 Å². The highest BCUT2D eigenvalue weighted by atomic mass is 16.2. The van der Waals surface area contributed by atoms with E-state index in [0.717, 1.165) is 57.1 Å². The molecule has 0 spiro atoms. The van der Waals surface area contributed by atoms with Gasteiger partial charge in [-0.05, 0) is 52.0 Å². The van der Waals surface area contributed by atoms with E-state index in [1.54, 1.807) is 0 Å². The van der Waals surface area contributed by atoms with E-state index in [1.165, 1.54) is 12.8 Å². The molecule has 1 amide bonds. The van der Waals surface area contributed by atoms with Crippen LogP contribution in [0.5, 0.6) is 0 Å². The Bertz CT molecular complexity index is 521. The van der Waals surface area contributed by atoms with Crippen molar-refractivity contribution in [3.8, 4) is 0 Å². The minimum Gasteiger partial charge on any atom is -0.341 e. The van der Waals surface area contributed by atoms with E-state index in [4.69, 9.17) is 0 Å². The normalized spacial score (nSPS) is 26.2. The Balaban J connectivity index is 1.59. The lowest BCUT2D eigenvalue weighted by Gasteiger charge is -2.36. The molecule has 1 aromatic heterocycles. The number of carbonyl (C=O) groups excluding carboxylic acids is 1. The van der Waals surface area contributed by atoms with Crippen LogP contribution in [0.1, 0.15) is 43.8 Å². The molecular formula is C16H27N5O. The third-order valence-corrected chi connectivity index (χ3v) is 4.83. The Hall–Kier alpha value is -1.43. The van der Waals surface area contributed by atoms with E-state index >= 15 is 0 Å². The van der Waals surface area contributed by atoms with Gasteiger partial charge in [-0.15, -0.1) is 0 Å². The van der Waals surface area contributed by atoms with Crippen molar-refractivity contribution in [3.63, 3.8) is 0 Å². The summed E-state index contributed by atoms with van der Waals surface area (Å²) < 4.78 is 1.99. The zero-order chi connectivity index (χ0) is 15.5. The Morgan fingerprint density at radius 1 is 1.27 bits per heavy atom. The van der Waals surface area contributed by atoms with Crippen molar-refractivity contribution >= 4 is 5.91 Å². The number of nitrogens with one attached hydrogen (secondary N) is 1. The van der Waals surface area contributed by atoms with Crippen molar-refractivity contribution in [2.24, 2.45) is 5.92 Å². The summed E-state index contributed by atoms with van der Waals surface area (Å²) in [7, 11) is 0. The van der Waals surface area contributed by atoms with Gasteiger partial charge >= 0.3 is 0 Å². The van der Waals surface area contributed by atoms with Crippen molar-refractivity contribution in [2.45, 2.75) is 58.5 Å². The molecule has 1 N–H and O–H groups in total. The summed E-state index contributed by atoms with van der Waals surface area (Å²) in [5, 5.41) is 7.83. The molecule has 0 aromatic carbocycles. The molecule has 2 aliphatic heterocycles. The van der Waals surface area contributed by atoms with Gasteiger partial charge in [0.15, 0.2) is 0 Å². The smallest absolute Gasteiger partial charge is 0.239 e. The first-order valence-electron chi connectivity index (χ1n) is 8.53. The largest absolute Gasteiger partial charge is 0.341 e. The van der Waals surface area contributed by atoms with Crippen LogP contribution in [0.3, 0.4) is 0 Å². The number of amides is 1. The van der Waals surface area contributed by atoms with Gasteiger partial charge in [-0.3, -0.25) is 4.79 Å². The Morgan fingerprint density at radius 2 is 2.14 bits per heavy atom. The lowest BCUT2D eigenvalue weighted by atomic mass is 9.96. The SMILES string of the molecule is Cc1nc(C)n(CC2CCCN(C(=O)[C@H]3CCCCN3)C2)n1. The maximum absolute atomic E-state index is 12.7. The van der Waals surface area contributed by atoms with E-state index in [-0.39, 0.29) is 6.04 Å². The Kier molecular flexibility index (Phi) is 4.76. The van der Waals surface area contributed by atoms with Gasteiger partial charge in [0.25, 0.3) is 0 Å². The molecule has 6 heteroatoms. The van der Waals surface area contributed by atoms with Crippen LogP contribution in [0.15, 0.2) is 0 Å². The van der Waals surface area contributed by atoms with Crippen molar-refractivity contribution in [2.75, 3.05) is 19.6 Å². The number of aromatic nitrogens is 3. The number of piperidine rings is 2. The molecule has 0 radical (unpaired) electrons. The van der Waals surface area contributed by atoms with Crippen LogP contribution in [0, 0.1) is 19.8 Å². The van der Waals surface area contributed by atoms with Crippen LogP contribution in [-0.2, 0) is 11.3 Å². The first kappa shape index (κ1) is 15.5. The van der Waals surface area contributed by atoms with E-state index in [1.807, 2.05) is 18.5 Å². The molecular weight excluding hydrogens is 278 g/mol. The summed E-state index contributed by atoms with van der Waals surface area (Å²) in [6.45, 7) is 7.53. The van der Waals surface area contributed by atoms with Gasteiger partial charge in [0.2, 0.25) is 5.91 Å². The molecule has 1 aromatic rings. The molecule has 3 heterocycles.